The van der Waals surface area contributed by atoms with Crippen LogP contribution in [0.4, 0.5) is 8.78 Å². The Labute approximate surface area is 251 Å². The molecule has 7 nitrogen and oxygen atoms in total. The van der Waals surface area contributed by atoms with Gasteiger partial charge in [0.05, 0.1) is 49.0 Å². The summed E-state index contributed by atoms with van der Waals surface area (Å²) in [6.07, 6.45) is -0.371. The second-order valence-electron chi connectivity index (χ2n) is 10.9. The summed E-state index contributed by atoms with van der Waals surface area (Å²) in [4.78, 5) is 27.9. The van der Waals surface area contributed by atoms with Crippen LogP contribution in [0.1, 0.15) is 65.3 Å². The Hall–Kier alpha value is -3.08. The molecule has 2 heterocycles. The SMILES string of the molecule is CCC(C)(O)c1cc(F)c2c(c1)C(=O)N([C@H](CC(=O)O)c1ccc(Cl)cc1)[C@@]2(OCC1(F)COC1)c1ccc(Cl)cc1. The summed E-state index contributed by atoms with van der Waals surface area (Å²) in [7, 11) is 0. The van der Waals surface area contributed by atoms with Gasteiger partial charge in [-0.2, -0.15) is 0 Å². The number of amides is 1. The first-order chi connectivity index (χ1) is 19.8. The van der Waals surface area contributed by atoms with Crippen LogP contribution in [-0.4, -0.2) is 52.5 Å². The number of rotatable bonds is 10. The van der Waals surface area contributed by atoms with E-state index >= 15 is 8.78 Å². The van der Waals surface area contributed by atoms with Crippen molar-refractivity contribution in [2.24, 2.45) is 0 Å². The molecule has 1 amide bonds. The number of nitrogens with zero attached hydrogens (tertiary/aromatic N) is 1. The van der Waals surface area contributed by atoms with Gasteiger partial charge in [-0.3, -0.25) is 14.5 Å². The van der Waals surface area contributed by atoms with Crippen LogP contribution in [0.2, 0.25) is 10.0 Å². The Morgan fingerprint density at radius 1 is 1.12 bits per heavy atom. The topological polar surface area (TPSA) is 96.3 Å². The lowest BCUT2D eigenvalue weighted by molar-refractivity contribution is -0.209. The molecule has 1 unspecified atom stereocenters. The van der Waals surface area contributed by atoms with Gasteiger partial charge in [-0.05, 0) is 60.9 Å². The Morgan fingerprint density at radius 3 is 2.24 bits per heavy atom. The molecule has 2 aliphatic heterocycles. The standard InChI is InChI=1S/C31H29Cl2F2NO6/c1-3-29(2,40)20-12-23-27(24(34)13-20)31(19-6-10-22(33)11-7-19,42-17-30(35)15-41-16-30)36(28(23)39)25(14-26(37)38)18-4-8-21(32)9-5-18/h4-13,25,40H,3,14-17H2,1-2H3,(H,37,38)/t25-,29?,31-/m1/s1. The van der Waals surface area contributed by atoms with Crippen LogP contribution in [0, 0.1) is 5.82 Å². The quantitative estimate of drug-likeness (QED) is 0.273. The van der Waals surface area contributed by atoms with Crippen molar-refractivity contribution >= 4 is 35.1 Å². The fraction of sp³-hybridized carbons (Fsp3) is 0.355. The second kappa shape index (κ2) is 11.2. The van der Waals surface area contributed by atoms with Crippen LogP contribution >= 0.6 is 23.2 Å². The first-order valence-corrected chi connectivity index (χ1v) is 14.1. The van der Waals surface area contributed by atoms with Crippen LogP contribution < -0.4 is 0 Å². The minimum absolute atomic E-state index is 0.143. The molecule has 3 aromatic rings. The first-order valence-electron chi connectivity index (χ1n) is 13.4. The summed E-state index contributed by atoms with van der Waals surface area (Å²) in [6.45, 7) is 2.10. The van der Waals surface area contributed by atoms with Crippen molar-refractivity contribution in [2.75, 3.05) is 19.8 Å². The van der Waals surface area contributed by atoms with Gasteiger partial charge in [0.2, 0.25) is 5.72 Å². The van der Waals surface area contributed by atoms with E-state index in [1.807, 2.05) is 0 Å². The Balaban J connectivity index is 1.83. The number of aliphatic hydroxyl groups is 1. The molecule has 222 valence electrons. The molecule has 2 aliphatic rings. The van der Waals surface area contributed by atoms with Gasteiger partial charge < -0.3 is 19.7 Å². The molecule has 11 heteroatoms. The number of hydrogen-bond donors (Lipinski definition) is 2. The molecule has 42 heavy (non-hydrogen) atoms. The Bertz CT molecular complexity index is 1510. The van der Waals surface area contributed by atoms with E-state index in [-0.39, 0.29) is 41.9 Å². The predicted molar refractivity (Wildman–Crippen MR) is 152 cm³/mol. The maximum Gasteiger partial charge on any atom is 0.305 e. The van der Waals surface area contributed by atoms with Gasteiger partial charge in [0.25, 0.3) is 5.91 Å². The molecule has 3 aromatic carbocycles. The van der Waals surface area contributed by atoms with E-state index in [1.165, 1.54) is 37.3 Å². The average Bonchev–Trinajstić information content (AvgIpc) is 3.19. The summed E-state index contributed by atoms with van der Waals surface area (Å²) >= 11 is 12.3. The number of ether oxygens (including phenoxy) is 2. The zero-order valence-corrected chi connectivity index (χ0v) is 24.4. The molecular weight excluding hydrogens is 591 g/mol. The molecule has 3 atom stereocenters. The van der Waals surface area contributed by atoms with Gasteiger partial charge >= 0.3 is 5.97 Å². The normalized spacial score (nSPS) is 21.4. The number of carboxylic acid groups (broad SMARTS) is 1. The maximum atomic E-state index is 16.5. The summed E-state index contributed by atoms with van der Waals surface area (Å²) in [5, 5.41) is 21.7. The third-order valence-electron chi connectivity index (χ3n) is 7.96. The Kier molecular flexibility index (Phi) is 8.10. The number of halogens is 4. The van der Waals surface area contributed by atoms with Crippen molar-refractivity contribution < 1.29 is 38.1 Å². The third kappa shape index (κ3) is 5.29. The van der Waals surface area contributed by atoms with Crippen molar-refractivity contribution in [3.8, 4) is 0 Å². The van der Waals surface area contributed by atoms with E-state index in [4.69, 9.17) is 32.7 Å². The van der Waals surface area contributed by atoms with Crippen LogP contribution in [-0.2, 0) is 25.6 Å². The van der Waals surface area contributed by atoms with Crippen molar-refractivity contribution in [3.05, 3.63) is 104 Å². The summed E-state index contributed by atoms with van der Waals surface area (Å²) in [5.74, 6) is -2.88. The largest absolute Gasteiger partial charge is 0.481 e. The van der Waals surface area contributed by atoms with Crippen LogP contribution in [0.25, 0.3) is 0 Å². The molecular formula is C31H29Cl2F2NO6. The van der Waals surface area contributed by atoms with Gasteiger partial charge in [0.15, 0.2) is 5.67 Å². The van der Waals surface area contributed by atoms with E-state index in [2.05, 4.69) is 0 Å². The summed E-state index contributed by atoms with van der Waals surface area (Å²) in [6, 6.07) is 13.6. The monoisotopic (exact) mass is 619 g/mol. The highest BCUT2D eigenvalue weighted by Crippen LogP contribution is 2.52. The molecule has 2 N–H and O–H groups in total. The lowest BCUT2D eigenvalue weighted by Gasteiger charge is -2.45. The predicted octanol–water partition coefficient (Wildman–Crippen LogP) is 6.38. The van der Waals surface area contributed by atoms with Gasteiger partial charge in [-0.1, -0.05) is 54.4 Å². The molecule has 0 aromatic heterocycles. The molecule has 0 spiro atoms. The zero-order chi connectivity index (χ0) is 30.4. The van der Waals surface area contributed by atoms with Gasteiger partial charge in [0.1, 0.15) is 5.82 Å². The van der Waals surface area contributed by atoms with E-state index in [0.29, 0.717) is 15.6 Å². The summed E-state index contributed by atoms with van der Waals surface area (Å²) < 4.78 is 43.3. The minimum Gasteiger partial charge on any atom is -0.481 e. The highest BCUT2D eigenvalue weighted by molar-refractivity contribution is 6.30. The summed E-state index contributed by atoms with van der Waals surface area (Å²) in [5.41, 5.74) is -5.12. The second-order valence-corrected chi connectivity index (χ2v) is 11.8. The van der Waals surface area contributed by atoms with Crippen LogP contribution in [0.3, 0.4) is 0 Å². The Morgan fingerprint density at radius 2 is 1.71 bits per heavy atom. The molecule has 1 saturated heterocycles. The van der Waals surface area contributed by atoms with Crippen molar-refractivity contribution in [2.45, 2.75) is 49.7 Å². The van der Waals surface area contributed by atoms with Crippen molar-refractivity contribution in [3.63, 3.8) is 0 Å². The highest BCUT2D eigenvalue weighted by atomic mass is 35.5. The number of carboxylic acids is 1. The van der Waals surface area contributed by atoms with E-state index in [9.17, 15) is 19.8 Å². The fourth-order valence-corrected chi connectivity index (χ4v) is 5.67. The molecule has 0 aliphatic carbocycles. The van der Waals surface area contributed by atoms with E-state index < -0.39 is 53.8 Å². The van der Waals surface area contributed by atoms with Gasteiger partial charge in [-0.15, -0.1) is 0 Å². The number of carbonyl (C=O) groups excluding carboxylic acids is 1. The molecule has 0 saturated carbocycles. The lowest BCUT2D eigenvalue weighted by Crippen LogP contribution is -2.55. The number of fused-ring (bicyclic) bond motifs is 1. The number of carbonyl (C=O) groups is 2. The van der Waals surface area contributed by atoms with Crippen LogP contribution in [0.15, 0.2) is 60.7 Å². The lowest BCUT2D eigenvalue weighted by atomic mass is 9.86. The smallest absolute Gasteiger partial charge is 0.305 e. The molecule has 0 radical (unpaired) electrons. The molecule has 1 fully saturated rings. The third-order valence-corrected chi connectivity index (χ3v) is 8.46. The van der Waals surface area contributed by atoms with Crippen molar-refractivity contribution in [1.29, 1.82) is 0 Å². The molecule has 0 bridgehead atoms. The number of benzene rings is 3. The zero-order valence-electron chi connectivity index (χ0n) is 22.9. The number of aliphatic carboxylic acids is 1. The minimum atomic E-state index is -2.12. The van der Waals surface area contributed by atoms with Crippen molar-refractivity contribution in [1.82, 2.24) is 4.90 Å². The highest BCUT2D eigenvalue weighted by Gasteiger charge is 2.58. The number of hydrogen-bond acceptors (Lipinski definition) is 5. The fourth-order valence-electron chi connectivity index (χ4n) is 5.42. The first kappa shape index (κ1) is 30.4. The average molecular weight is 620 g/mol. The van der Waals surface area contributed by atoms with Crippen LogP contribution in [0.5, 0.6) is 0 Å². The number of alkyl halides is 1. The van der Waals surface area contributed by atoms with E-state index in [0.717, 1.165) is 11.0 Å². The molecule has 5 rings (SSSR count). The maximum absolute atomic E-state index is 16.5. The van der Waals surface area contributed by atoms with E-state index in [1.54, 1.807) is 31.2 Å². The van der Waals surface area contributed by atoms with Gasteiger partial charge in [-0.25, -0.2) is 8.78 Å². The van der Waals surface area contributed by atoms with Gasteiger partial charge in [0, 0.05) is 15.6 Å².